The van der Waals surface area contributed by atoms with Gasteiger partial charge in [-0.3, -0.25) is 0 Å². The maximum Gasteiger partial charge on any atom is 0.0656 e. The van der Waals surface area contributed by atoms with E-state index in [-0.39, 0.29) is 12.4 Å². The van der Waals surface area contributed by atoms with Crippen molar-refractivity contribution >= 4 is 12.4 Å². The van der Waals surface area contributed by atoms with E-state index >= 15 is 0 Å². The predicted octanol–water partition coefficient (Wildman–Crippen LogP) is 0.931. The molecule has 1 rings (SSSR count). The molecule has 9 heavy (non-hydrogen) atoms. The number of rotatable bonds is 0. The molecule has 1 aliphatic heterocycles. The number of halogens is 1. The summed E-state index contributed by atoms with van der Waals surface area (Å²) in [5.74, 6) is 0.330. The van der Waals surface area contributed by atoms with Crippen molar-refractivity contribution in [2.45, 2.75) is 12.8 Å². The zero-order chi connectivity index (χ0) is 5.82. The number of nitriles is 1. The van der Waals surface area contributed by atoms with Crippen LogP contribution in [0, 0.1) is 17.2 Å². The van der Waals surface area contributed by atoms with Gasteiger partial charge in [-0.15, -0.1) is 12.4 Å². The lowest BCUT2D eigenvalue weighted by atomic mass is 10.0. The monoisotopic (exact) mass is 146 g/mol. The van der Waals surface area contributed by atoms with Gasteiger partial charge in [0.25, 0.3) is 0 Å². The summed E-state index contributed by atoms with van der Waals surface area (Å²) in [6, 6.07) is 2.26. The second-order valence-corrected chi connectivity index (χ2v) is 2.15. The van der Waals surface area contributed by atoms with Gasteiger partial charge in [-0.05, 0) is 25.9 Å². The second-order valence-electron chi connectivity index (χ2n) is 2.15. The van der Waals surface area contributed by atoms with E-state index in [2.05, 4.69) is 11.4 Å². The molecule has 0 unspecified atom stereocenters. The predicted molar refractivity (Wildman–Crippen MR) is 38.5 cm³/mol. The summed E-state index contributed by atoms with van der Waals surface area (Å²) < 4.78 is 0. The topological polar surface area (TPSA) is 35.8 Å². The van der Waals surface area contributed by atoms with Crippen LogP contribution in [0.15, 0.2) is 0 Å². The van der Waals surface area contributed by atoms with E-state index in [1.165, 1.54) is 0 Å². The molecule has 1 saturated heterocycles. The SMILES string of the molecule is Cl.N#CC1CCNCC1. The summed E-state index contributed by atoms with van der Waals surface area (Å²) in [5, 5.41) is 11.6. The number of hydrogen-bond donors (Lipinski definition) is 1. The molecular formula is C6H11ClN2. The Hall–Kier alpha value is -0.260. The van der Waals surface area contributed by atoms with Gasteiger partial charge < -0.3 is 5.32 Å². The Bertz CT molecular complexity index is 102. The van der Waals surface area contributed by atoms with Crippen molar-refractivity contribution in [2.75, 3.05) is 13.1 Å². The van der Waals surface area contributed by atoms with Gasteiger partial charge in [-0.25, -0.2) is 0 Å². The third kappa shape index (κ3) is 2.69. The smallest absolute Gasteiger partial charge is 0.0656 e. The molecule has 0 aromatic heterocycles. The molecule has 0 aromatic carbocycles. The zero-order valence-corrected chi connectivity index (χ0v) is 6.08. The van der Waals surface area contributed by atoms with Crippen LogP contribution in [0.25, 0.3) is 0 Å². The fourth-order valence-electron chi connectivity index (χ4n) is 0.951. The first-order chi connectivity index (χ1) is 3.93. The average Bonchev–Trinajstić information content (AvgIpc) is 1.90. The van der Waals surface area contributed by atoms with E-state index in [1.807, 2.05) is 0 Å². The molecule has 0 bridgehead atoms. The summed E-state index contributed by atoms with van der Waals surface area (Å²) in [6.07, 6.45) is 2.08. The van der Waals surface area contributed by atoms with Crippen LogP contribution < -0.4 is 5.32 Å². The van der Waals surface area contributed by atoms with Gasteiger partial charge in [-0.2, -0.15) is 5.26 Å². The maximum absolute atomic E-state index is 8.41. The molecular weight excluding hydrogens is 136 g/mol. The Balaban J connectivity index is 0.000000640. The fourth-order valence-corrected chi connectivity index (χ4v) is 0.951. The fraction of sp³-hybridized carbons (Fsp3) is 0.833. The highest BCUT2D eigenvalue weighted by Crippen LogP contribution is 2.08. The van der Waals surface area contributed by atoms with Crippen LogP contribution in [0.3, 0.4) is 0 Å². The summed E-state index contributed by atoms with van der Waals surface area (Å²) in [7, 11) is 0. The van der Waals surface area contributed by atoms with Crippen molar-refractivity contribution in [2.24, 2.45) is 5.92 Å². The van der Waals surface area contributed by atoms with Crippen LogP contribution in [0.1, 0.15) is 12.8 Å². The number of piperidine rings is 1. The largest absolute Gasteiger partial charge is 0.317 e. The third-order valence-corrected chi connectivity index (χ3v) is 1.52. The minimum atomic E-state index is 0. The molecule has 1 heterocycles. The molecule has 0 aliphatic carbocycles. The van der Waals surface area contributed by atoms with Gasteiger partial charge in [0.2, 0.25) is 0 Å². The normalized spacial score (nSPS) is 19.9. The van der Waals surface area contributed by atoms with E-state index in [9.17, 15) is 0 Å². The van der Waals surface area contributed by atoms with Crippen molar-refractivity contribution in [3.8, 4) is 6.07 Å². The maximum atomic E-state index is 8.41. The molecule has 52 valence electrons. The van der Waals surface area contributed by atoms with E-state index < -0.39 is 0 Å². The van der Waals surface area contributed by atoms with Gasteiger partial charge >= 0.3 is 0 Å². The second kappa shape index (κ2) is 4.60. The highest BCUT2D eigenvalue weighted by Gasteiger charge is 2.09. The minimum absolute atomic E-state index is 0. The molecule has 0 saturated carbocycles. The lowest BCUT2D eigenvalue weighted by Gasteiger charge is -2.15. The Kier molecular flexibility index (Phi) is 4.47. The van der Waals surface area contributed by atoms with Crippen molar-refractivity contribution < 1.29 is 0 Å². The Morgan fingerprint density at radius 3 is 2.22 bits per heavy atom. The first kappa shape index (κ1) is 8.74. The molecule has 0 radical (unpaired) electrons. The molecule has 0 aromatic rings. The molecule has 1 aliphatic rings. The van der Waals surface area contributed by atoms with Gasteiger partial charge in [0, 0.05) is 5.92 Å². The van der Waals surface area contributed by atoms with E-state index in [1.54, 1.807) is 0 Å². The van der Waals surface area contributed by atoms with E-state index in [0.29, 0.717) is 5.92 Å². The van der Waals surface area contributed by atoms with Crippen molar-refractivity contribution in [1.82, 2.24) is 5.32 Å². The van der Waals surface area contributed by atoms with Crippen LogP contribution in [-0.4, -0.2) is 13.1 Å². The van der Waals surface area contributed by atoms with Crippen molar-refractivity contribution in [3.05, 3.63) is 0 Å². The van der Waals surface area contributed by atoms with Gasteiger partial charge in [-0.1, -0.05) is 0 Å². The molecule has 0 amide bonds. The first-order valence-electron chi connectivity index (χ1n) is 3.04. The van der Waals surface area contributed by atoms with Crippen LogP contribution in [0.2, 0.25) is 0 Å². The third-order valence-electron chi connectivity index (χ3n) is 1.52. The van der Waals surface area contributed by atoms with Crippen molar-refractivity contribution in [3.63, 3.8) is 0 Å². The number of nitrogens with one attached hydrogen (secondary N) is 1. The lowest BCUT2D eigenvalue weighted by molar-refractivity contribution is 0.444. The standard InChI is InChI=1S/C6H10N2.ClH/c7-5-6-1-3-8-4-2-6;/h6,8H,1-4H2;1H. The summed E-state index contributed by atoms with van der Waals surface area (Å²) >= 11 is 0. The van der Waals surface area contributed by atoms with Crippen LogP contribution >= 0.6 is 12.4 Å². The van der Waals surface area contributed by atoms with Crippen LogP contribution in [0.4, 0.5) is 0 Å². The minimum Gasteiger partial charge on any atom is -0.317 e. The molecule has 1 N–H and O–H groups in total. The highest BCUT2D eigenvalue weighted by atomic mass is 35.5. The van der Waals surface area contributed by atoms with E-state index in [4.69, 9.17) is 5.26 Å². The summed E-state index contributed by atoms with van der Waals surface area (Å²) in [4.78, 5) is 0. The van der Waals surface area contributed by atoms with Crippen molar-refractivity contribution in [1.29, 1.82) is 5.26 Å². The van der Waals surface area contributed by atoms with Gasteiger partial charge in [0.05, 0.1) is 6.07 Å². The number of hydrogen-bond acceptors (Lipinski definition) is 2. The molecule has 0 atom stereocenters. The molecule has 3 heteroatoms. The van der Waals surface area contributed by atoms with Gasteiger partial charge in [0.1, 0.15) is 0 Å². The summed E-state index contributed by atoms with van der Waals surface area (Å²) in [6.45, 7) is 2.05. The van der Waals surface area contributed by atoms with Crippen LogP contribution in [0.5, 0.6) is 0 Å². The molecule has 2 nitrogen and oxygen atoms in total. The molecule has 1 fully saturated rings. The quantitative estimate of drug-likeness (QED) is 0.552. The van der Waals surface area contributed by atoms with Gasteiger partial charge in [0.15, 0.2) is 0 Å². The van der Waals surface area contributed by atoms with E-state index in [0.717, 1.165) is 25.9 Å². The van der Waals surface area contributed by atoms with Crippen LogP contribution in [-0.2, 0) is 0 Å². The Labute approximate surface area is 61.7 Å². The Morgan fingerprint density at radius 1 is 1.33 bits per heavy atom. The zero-order valence-electron chi connectivity index (χ0n) is 5.26. The number of nitrogens with zero attached hydrogens (tertiary/aromatic N) is 1. The average molecular weight is 147 g/mol. The highest BCUT2D eigenvalue weighted by molar-refractivity contribution is 5.85. The molecule has 0 spiro atoms. The lowest BCUT2D eigenvalue weighted by Crippen LogP contribution is -2.26. The Morgan fingerprint density at radius 2 is 1.89 bits per heavy atom. The summed E-state index contributed by atoms with van der Waals surface area (Å²) in [5.41, 5.74) is 0. The first-order valence-corrected chi connectivity index (χ1v) is 3.04.